The highest BCUT2D eigenvalue weighted by molar-refractivity contribution is 5.83. The lowest BCUT2D eigenvalue weighted by molar-refractivity contribution is -0.126. The van der Waals surface area contributed by atoms with Crippen LogP contribution in [0.4, 0.5) is 0 Å². The maximum atomic E-state index is 10.8. The number of rotatable bonds is 1. The van der Waals surface area contributed by atoms with Gasteiger partial charge in [-0.05, 0) is 13.3 Å². The van der Waals surface area contributed by atoms with Crippen LogP contribution in [-0.2, 0) is 9.59 Å². The molecule has 0 aromatic rings. The summed E-state index contributed by atoms with van der Waals surface area (Å²) in [4.78, 5) is 21.4. The van der Waals surface area contributed by atoms with Crippen LogP contribution >= 0.6 is 0 Å². The van der Waals surface area contributed by atoms with E-state index in [9.17, 15) is 9.59 Å². The molecule has 0 saturated carbocycles. The molecule has 0 aromatic heterocycles. The van der Waals surface area contributed by atoms with Crippen molar-refractivity contribution in [2.24, 2.45) is 5.92 Å². The van der Waals surface area contributed by atoms with Crippen molar-refractivity contribution in [1.29, 1.82) is 0 Å². The van der Waals surface area contributed by atoms with Crippen LogP contribution in [0.25, 0.3) is 0 Å². The van der Waals surface area contributed by atoms with Crippen LogP contribution in [0.3, 0.4) is 0 Å². The molecule has 1 aliphatic heterocycles. The Labute approximate surface area is 59.8 Å². The summed E-state index contributed by atoms with van der Waals surface area (Å²) in [7, 11) is 0. The lowest BCUT2D eigenvalue weighted by Gasteiger charge is -2.19. The van der Waals surface area contributed by atoms with E-state index in [2.05, 4.69) is 5.32 Å². The van der Waals surface area contributed by atoms with Gasteiger partial charge in [0.2, 0.25) is 5.91 Å². The first-order valence-electron chi connectivity index (χ1n) is 3.47. The number of hydrogen-bond donors (Lipinski definition) is 1. The van der Waals surface area contributed by atoms with Gasteiger partial charge >= 0.3 is 0 Å². The zero-order valence-corrected chi connectivity index (χ0v) is 6.02. The Hall–Kier alpha value is -0.860. The fourth-order valence-corrected chi connectivity index (χ4v) is 1.08. The van der Waals surface area contributed by atoms with E-state index in [0.717, 1.165) is 6.42 Å². The summed E-state index contributed by atoms with van der Waals surface area (Å²) in [5.41, 5.74) is 0. The molecule has 0 aliphatic carbocycles. The molecule has 1 unspecified atom stereocenters. The second-order valence-corrected chi connectivity index (χ2v) is 2.65. The second kappa shape index (κ2) is 2.82. The third-order valence-electron chi connectivity index (χ3n) is 1.84. The van der Waals surface area contributed by atoms with Gasteiger partial charge in [-0.2, -0.15) is 0 Å². The van der Waals surface area contributed by atoms with E-state index in [0.29, 0.717) is 13.0 Å². The molecule has 0 aromatic carbocycles. The number of ketones is 1. The van der Waals surface area contributed by atoms with E-state index < -0.39 is 0 Å². The predicted molar refractivity (Wildman–Crippen MR) is 36.4 cm³/mol. The second-order valence-electron chi connectivity index (χ2n) is 2.65. The van der Waals surface area contributed by atoms with Crippen LogP contribution in [0, 0.1) is 5.92 Å². The number of hydrogen-bond acceptors (Lipinski definition) is 2. The molecule has 3 nitrogen and oxygen atoms in total. The summed E-state index contributed by atoms with van der Waals surface area (Å²) >= 11 is 0. The number of piperidine rings is 1. The minimum absolute atomic E-state index is 0.0671. The lowest BCUT2D eigenvalue weighted by Crippen LogP contribution is -2.37. The minimum Gasteiger partial charge on any atom is -0.355 e. The average Bonchev–Trinajstić information content (AvgIpc) is 1.88. The van der Waals surface area contributed by atoms with Crippen molar-refractivity contribution in [2.45, 2.75) is 19.8 Å². The highest BCUT2D eigenvalue weighted by Crippen LogP contribution is 2.10. The monoisotopic (exact) mass is 141 g/mol. The van der Waals surface area contributed by atoms with Crippen LogP contribution < -0.4 is 5.32 Å². The number of Topliss-reactive ketones (excluding diaryl/α,β-unsaturated/α-hetero) is 1. The molecule has 1 aliphatic rings. The first-order chi connectivity index (χ1) is 4.70. The SMILES string of the molecule is CC(=O)C1CCC(=O)NC1. The molecule has 1 heterocycles. The fourth-order valence-electron chi connectivity index (χ4n) is 1.08. The van der Waals surface area contributed by atoms with Gasteiger partial charge in [-0.1, -0.05) is 0 Å². The molecule has 1 N–H and O–H groups in total. The quantitative estimate of drug-likeness (QED) is 0.563. The van der Waals surface area contributed by atoms with Crippen LogP contribution in [0.2, 0.25) is 0 Å². The smallest absolute Gasteiger partial charge is 0.220 e. The van der Waals surface area contributed by atoms with Gasteiger partial charge in [-0.15, -0.1) is 0 Å². The third kappa shape index (κ3) is 1.56. The van der Waals surface area contributed by atoms with E-state index in [1.807, 2.05) is 0 Å². The molecule has 3 heteroatoms. The van der Waals surface area contributed by atoms with Crippen molar-refractivity contribution >= 4 is 11.7 Å². The van der Waals surface area contributed by atoms with Gasteiger partial charge in [0.1, 0.15) is 5.78 Å². The topological polar surface area (TPSA) is 46.2 Å². The Morgan fingerprint density at radius 3 is 2.80 bits per heavy atom. The minimum atomic E-state index is 0.0671. The molecule has 1 atom stereocenters. The maximum absolute atomic E-state index is 10.8. The summed E-state index contributed by atoms with van der Waals surface area (Å²) in [5.74, 6) is 0.315. The van der Waals surface area contributed by atoms with Crippen molar-refractivity contribution < 1.29 is 9.59 Å². The lowest BCUT2D eigenvalue weighted by atomic mass is 9.96. The number of amides is 1. The number of carbonyl (C=O) groups excluding carboxylic acids is 2. The summed E-state index contributed by atoms with van der Waals surface area (Å²) in [5, 5.41) is 2.65. The molecule has 1 fully saturated rings. The zero-order valence-electron chi connectivity index (χ0n) is 6.02. The molecule has 1 amide bonds. The van der Waals surface area contributed by atoms with Gasteiger partial charge in [0.05, 0.1) is 0 Å². The summed E-state index contributed by atoms with van der Waals surface area (Å²) in [6.45, 7) is 2.11. The number of nitrogens with one attached hydrogen (secondary N) is 1. The van der Waals surface area contributed by atoms with Crippen molar-refractivity contribution in [2.75, 3.05) is 6.54 Å². The van der Waals surface area contributed by atoms with Gasteiger partial charge in [0.25, 0.3) is 0 Å². The van der Waals surface area contributed by atoms with Gasteiger partial charge in [0, 0.05) is 18.9 Å². The molecule has 0 radical (unpaired) electrons. The number of carbonyl (C=O) groups is 2. The van der Waals surface area contributed by atoms with Crippen molar-refractivity contribution in [3.8, 4) is 0 Å². The van der Waals surface area contributed by atoms with Gasteiger partial charge < -0.3 is 5.32 Å². The Bertz CT molecular complexity index is 155. The molecule has 1 rings (SSSR count). The molecule has 0 spiro atoms. The first-order valence-corrected chi connectivity index (χ1v) is 3.47. The first kappa shape index (κ1) is 7.25. The van der Waals surface area contributed by atoms with E-state index >= 15 is 0 Å². The van der Waals surface area contributed by atoms with Crippen molar-refractivity contribution in [3.63, 3.8) is 0 Å². The fraction of sp³-hybridized carbons (Fsp3) is 0.714. The predicted octanol–water partition coefficient (Wildman–Crippen LogP) is 0.102. The van der Waals surface area contributed by atoms with Gasteiger partial charge in [-0.3, -0.25) is 9.59 Å². The van der Waals surface area contributed by atoms with Crippen LogP contribution in [0.5, 0.6) is 0 Å². The summed E-state index contributed by atoms with van der Waals surface area (Å²) in [6.07, 6.45) is 1.23. The molecule has 10 heavy (non-hydrogen) atoms. The summed E-state index contributed by atoms with van der Waals surface area (Å²) in [6, 6.07) is 0. The highest BCUT2D eigenvalue weighted by Gasteiger charge is 2.20. The zero-order chi connectivity index (χ0) is 7.56. The standard InChI is InChI=1S/C7H11NO2/c1-5(9)6-2-3-7(10)8-4-6/h6H,2-4H2,1H3,(H,8,10). The molecular weight excluding hydrogens is 130 g/mol. The normalized spacial score (nSPS) is 25.7. The Morgan fingerprint density at radius 1 is 1.70 bits per heavy atom. The van der Waals surface area contributed by atoms with Crippen molar-refractivity contribution in [3.05, 3.63) is 0 Å². The van der Waals surface area contributed by atoms with E-state index in [-0.39, 0.29) is 17.6 Å². The Morgan fingerprint density at radius 2 is 2.40 bits per heavy atom. The Balaban J connectivity index is 2.40. The van der Waals surface area contributed by atoms with E-state index in [1.165, 1.54) is 0 Å². The summed E-state index contributed by atoms with van der Waals surface area (Å²) < 4.78 is 0. The van der Waals surface area contributed by atoms with Crippen LogP contribution in [-0.4, -0.2) is 18.2 Å². The molecular formula is C7H11NO2. The van der Waals surface area contributed by atoms with Crippen LogP contribution in [0.15, 0.2) is 0 Å². The van der Waals surface area contributed by atoms with Gasteiger partial charge in [-0.25, -0.2) is 0 Å². The van der Waals surface area contributed by atoms with Crippen molar-refractivity contribution in [1.82, 2.24) is 5.32 Å². The van der Waals surface area contributed by atoms with E-state index in [4.69, 9.17) is 0 Å². The molecule has 1 saturated heterocycles. The third-order valence-corrected chi connectivity index (χ3v) is 1.84. The van der Waals surface area contributed by atoms with Gasteiger partial charge in [0.15, 0.2) is 0 Å². The largest absolute Gasteiger partial charge is 0.355 e. The maximum Gasteiger partial charge on any atom is 0.220 e. The van der Waals surface area contributed by atoms with E-state index in [1.54, 1.807) is 6.92 Å². The molecule has 0 bridgehead atoms. The van der Waals surface area contributed by atoms with Crippen LogP contribution in [0.1, 0.15) is 19.8 Å². The molecule has 56 valence electrons. The highest BCUT2D eigenvalue weighted by atomic mass is 16.2. The Kier molecular flexibility index (Phi) is 2.04. The average molecular weight is 141 g/mol.